The summed E-state index contributed by atoms with van der Waals surface area (Å²) in [7, 11) is 0. The van der Waals surface area contributed by atoms with Crippen LogP contribution >= 0.6 is 11.3 Å². The van der Waals surface area contributed by atoms with Crippen LogP contribution in [0.4, 0.5) is 5.00 Å². The Hall–Kier alpha value is -0.980. The van der Waals surface area contributed by atoms with Crippen molar-refractivity contribution in [2.45, 2.75) is 6.61 Å². The lowest BCUT2D eigenvalue weighted by Gasteiger charge is -1.86. The fourth-order valence-electron chi connectivity index (χ4n) is 0.606. The number of hydrogen-bond acceptors (Lipinski definition) is 5. The highest BCUT2D eigenvalue weighted by atomic mass is 32.1. The van der Waals surface area contributed by atoms with Crippen LogP contribution in [-0.2, 0) is 11.5 Å². The van der Waals surface area contributed by atoms with Gasteiger partial charge in [0.05, 0.1) is 4.92 Å². The maximum absolute atomic E-state index is 10.1. The molecule has 1 aromatic rings. The smallest absolute Gasteiger partial charge is 0.258 e. The summed E-state index contributed by atoms with van der Waals surface area (Å²) in [5.74, 6) is 0. The Bertz CT molecular complexity index is 259. The van der Waals surface area contributed by atoms with E-state index in [4.69, 9.17) is 5.26 Å². The second-order valence-corrected chi connectivity index (χ2v) is 2.92. The third kappa shape index (κ3) is 1.97. The van der Waals surface area contributed by atoms with Gasteiger partial charge in [0, 0.05) is 10.9 Å². The van der Waals surface area contributed by atoms with E-state index in [2.05, 4.69) is 4.89 Å². The van der Waals surface area contributed by atoms with Crippen LogP contribution in [0.5, 0.6) is 0 Å². The zero-order valence-electron chi connectivity index (χ0n) is 5.39. The summed E-state index contributed by atoms with van der Waals surface area (Å²) in [5.41, 5.74) is 0. The highest BCUT2D eigenvalue weighted by molar-refractivity contribution is 7.15. The van der Waals surface area contributed by atoms with Crippen LogP contribution in [0.3, 0.4) is 0 Å². The summed E-state index contributed by atoms with van der Waals surface area (Å²) in [6, 6.07) is 2.91. The Morgan fingerprint density at radius 2 is 2.45 bits per heavy atom. The molecule has 0 bridgehead atoms. The van der Waals surface area contributed by atoms with Gasteiger partial charge in [-0.2, -0.15) is 0 Å². The van der Waals surface area contributed by atoms with Crippen LogP contribution in [0.2, 0.25) is 0 Å². The molecule has 0 aromatic carbocycles. The maximum atomic E-state index is 10.1. The molecule has 0 atom stereocenters. The van der Waals surface area contributed by atoms with Crippen LogP contribution in [0.25, 0.3) is 0 Å². The van der Waals surface area contributed by atoms with E-state index < -0.39 is 4.92 Å². The third-order valence-corrected chi connectivity index (χ3v) is 2.04. The molecule has 0 aliphatic carbocycles. The predicted molar refractivity (Wildman–Crippen MR) is 38.4 cm³/mol. The van der Waals surface area contributed by atoms with Crippen LogP contribution in [0.1, 0.15) is 4.88 Å². The van der Waals surface area contributed by atoms with Crippen molar-refractivity contribution in [2.24, 2.45) is 0 Å². The minimum Gasteiger partial charge on any atom is -0.258 e. The standard InChI is InChI=1S/C5H5NO4S/c7-6(8)5-2-1-4(11-5)3-10-9/h1-2,9H,3H2. The van der Waals surface area contributed by atoms with E-state index in [1.807, 2.05) is 0 Å². The highest BCUT2D eigenvalue weighted by Crippen LogP contribution is 2.23. The fourth-order valence-corrected chi connectivity index (χ4v) is 1.33. The predicted octanol–water partition coefficient (Wildman–Crippen LogP) is 1.65. The monoisotopic (exact) mass is 175 g/mol. The van der Waals surface area contributed by atoms with Crippen molar-refractivity contribution >= 4 is 16.3 Å². The molecule has 0 saturated carbocycles. The summed E-state index contributed by atoms with van der Waals surface area (Å²) in [4.78, 5) is 14.1. The summed E-state index contributed by atoms with van der Waals surface area (Å²) in [6.45, 7) is -0.00148. The molecule has 0 unspecified atom stereocenters. The van der Waals surface area contributed by atoms with Crippen molar-refractivity contribution in [1.29, 1.82) is 0 Å². The lowest BCUT2D eigenvalue weighted by molar-refractivity contribution is -0.380. The minimum absolute atomic E-state index is 0.00148. The highest BCUT2D eigenvalue weighted by Gasteiger charge is 2.08. The summed E-state index contributed by atoms with van der Waals surface area (Å²) in [6.07, 6.45) is 0. The molecule has 0 aliphatic rings. The molecule has 1 aromatic heterocycles. The fraction of sp³-hybridized carbons (Fsp3) is 0.200. The molecule has 60 valence electrons. The first-order valence-corrected chi connectivity index (χ1v) is 3.55. The molecule has 0 fully saturated rings. The molecule has 11 heavy (non-hydrogen) atoms. The first-order valence-electron chi connectivity index (χ1n) is 2.73. The van der Waals surface area contributed by atoms with Crippen molar-refractivity contribution < 1.29 is 15.1 Å². The number of nitrogens with zero attached hydrogens (tertiary/aromatic N) is 1. The van der Waals surface area contributed by atoms with E-state index in [-0.39, 0.29) is 11.6 Å². The van der Waals surface area contributed by atoms with Crippen LogP contribution in [0.15, 0.2) is 12.1 Å². The lowest BCUT2D eigenvalue weighted by Crippen LogP contribution is -1.82. The van der Waals surface area contributed by atoms with Gasteiger partial charge in [0.2, 0.25) is 0 Å². The number of thiophene rings is 1. The Morgan fingerprint density at radius 1 is 1.73 bits per heavy atom. The minimum atomic E-state index is -0.481. The second-order valence-electron chi connectivity index (χ2n) is 1.77. The molecule has 0 amide bonds. The normalized spacial score (nSPS) is 9.91. The van der Waals surface area contributed by atoms with Crippen molar-refractivity contribution in [2.75, 3.05) is 0 Å². The van der Waals surface area contributed by atoms with Crippen LogP contribution < -0.4 is 0 Å². The summed E-state index contributed by atoms with van der Waals surface area (Å²) in [5, 5.41) is 18.2. The molecule has 1 heterocycles. The molecule has 6 heteroatoms. The van der Waals surface area contributed by atoms with Gasteiger partial charge in [-0.25, -0.2) is 4.89 Å². The van der Waals surface area contributed by atoms with Crippen molar-refractivity contribution in [3.8, 4) is 0 Å². The van der Waals surface area contributed by atoms with E-state index >= 15 is 0 Å². The Labute approximate surface area is 65.9 Å². The lowest BCUT2D eigenvalue weighted by atomic mass is 10.5. The molecule has 0 aliphatic heterocycles. The van der Waals surface area contributed by atoms with Gasteiger partial charge >= 0.3 is 5.00 Å². The van der Waals surface area contributed by atoms with Gasteiger partial charge in [-0.05, 0) is 6.07 Å². The first-order chi connectivity index (χ1) is 5.24. The van der Waals surface area contributed by atoms with E-state index in [0.717, 1.165) is 11.3 Å². The molecule has 5 nitrogen and oxygen atoms in total. The zero-order chi connectivity index (χ0) is 8.27. The van der Waals surface area contributed by atoms with Crippen molar-refractivity contribution in [3.63, 3.8) is 0 Å². The number of hydrogen-bond donors (Lipinski definition) is 1. The Kier molecular flexibility index (Phi) is 2.53. The molecule has 1 rings (SSSR count). The molecule has 1 N–H and O–H groups in total. The van der Waals surface area contributed by atoms with Gasteiger partial charge < -0.3 is 0 Å². The van der Waals surface area contributed by atoms with Crippen molar-refractivity contribution in [1.82, 2.24) is 0 Å². The first kappa shape index (κ1) is 8.12. The molecule has 0 spiro atoms. The SMILES string of the molecule is O=[N+]([O-])c1ccc(COO)s1. The Balaban J connectivity index is 2.73. The van der Waals surface area contributed by atoms with Crippen molar-refractivity contribution in [3.05, 3.63) is 27.1 Å². The average Bonchev–Trinajstić information content (AvgIpc) is 2.37. The van der Waals surface area contributed by atoms with Gasteiger partial charge in [0.15, 0.2) is 0 Å². The van der Waals surface area contributed by atoms with Gasteiger partial charge in [0.25, 0.3) is 0 Å². The molecule has 0 radical (unpaired) electrons. The third-order valence-electron chi connectivity index (χ3n) is 1.03. The van der Waals surface area contributed by atoms with E-state index in [1.54, 1.807) is 6.07 Å². The van der Waals surface area contributed by atoms with Gasteiger partial charge in [-0.15, -0.1) is 0 Å². The molecular formula is C5H5NO4S. The summed E-state index contributed by atoms with van der Waals surface area (Å²) < 4.78 is 0. The average molecular weight is 175 g/mol. The Morgan fingerprint density at radius 3 is 2.91 bits per heavy atom. The maximum Gasteiger partial charge on any atom is 0.324 e. The summed E-state index contributed by atoms with van der Waals surface area (Å²) >= 11 is 0.981. The van der Waals surface area contributed by atoms with Gasteiger partial charge in [0.1, 0.15) is 6.61 Å². The molecular weight excluding hydrogens is 170 g/mol. The van der Waals surface area contributed by atoms with E-state index in [1.165, 1.54) is 6.07 Å². The van der Waals surface area contributed by atoms with Crippen LogP contribution in [-0.4, -0.2) is 10.2 Å². The van der Waals surface area contributed by atoms with Crippen LogP contribution in [0, 0.1) is 10.1 Å². The van der Waals surface area contributed by atoms with Gasteiger partial charge in [-0.1, -0.05) is 11.3 Å². The molecule has 0 saturated heterocycles. The number of nitro groups is 1. The topological polar surface area (TPSA) is 72.6 Å². The van der Waals surface area contributed by atoms with Gasteiger partial charge in [-0.3, -0.25) is 15.4 Å². The number of rotatable bonds is 3. The largest absolute Gasteiger partial charge is 0.324 e. The van der Waals surface area contributed by atoms with E-state index in [0.29, 0.717) is 4.88 Å². The second kappa shape index (κ2) is 3.42. The van der Waals surface area contributed by atoms with E-state index in [9.17, 15) is 10.1 Å². The quantitative estimate of drug-likeness (QED) is 0.430. The zero-order valence-corrected chi connectivity index (χ0v) is 6.21.